The number of hydrogen-bond acceptors (Lipinski definition) is 7. The van der Waals surface area contributed by atoms with Crippen molar-refractivity contribution < 1.29 is 19.2 Å². The molecular formula is C16H20N4O5S. The van der Waals surface area contributed by atoms with Crippen LogP contribution in [0.15, 0.2) is 23.2 Å². The quantitative estimate of drug-likeness (QED) is 0.573. The number of carbonyl (C=O) groups excluding carboxylic acids is 2. The molecule has 0 aliphatic carbocycles. The minimum Gasteiger partial charge on any atom is -0.495 e. The second kappa shape index (κ2) is 8.65. The summed E-state index contributed by atoms with van der Waals surface area (Å²) in [6.07, 6.45) is -0.0609. The number of aliphatic imine (C=N–C) groups is 1. The third kappa shape index (κ3) is 4.31. The number of thioether (sulfide) groups is 1. The van der Waals surface area contributed by atoms with Gasteiger partial charge in [0, 0.05) is 31.6 Å². The average Bonchev–Trinajstić information content (AvgIpc) is 2.89. The molecule has 0 aromatic heterocycles. The molecule has 10 heteroatoms. The van der Waals surface area contributed by atoms with Gasteiger partial charge in [0.05, 0.1) is 17.7 Å². The van der Waals surface area contributed by atoms with Gasteiger partial charge in [-0.15, -0.1) is 0 Å². The van der Waals surface area contributed by atoms with Crippen LogP contribution in [0.25, 0.3) is 0 Å². The molecule has 1 saturated heterocycles. The lowest BCUT2D eigenvalue weighted by Crippen LogP contribution is -2.33. The van der Waals surface area contributed by atoms with E-state index in [1.165, 1.54) is 37.1 Å². The van der Waals surface area contributed by atoms with Crippen molar-refractivity contribution in [1.29, 1.82) is 0 Å². The van der Waals surface area contributed by atoms with Gasteiger partial charge in [0.2, 0.25) is 11.8 Å². The number of nitro benzene ring substituents is 1. The van der Waals surface area contributed by atoms with E-state index in [2.05, 4.69) is 10.3 Å². The Hall–Kier alpha value is -2.62. The molecule has 0 bridgehead atoms. The van der Waals surface area contributed by atoms with Crippen molar-refractivity contribution in [1.82, 2.24) is 4.90 Å². The molecule has 140 valence electrons. The Morgan fingerprint density at radius 2 is 2.19 bits per heavy atom. The third-order valence-electron chi connectivity index (χ3n) is 3.67. The molecule has 1 N–H and O–H groups in total. The van der Waals surface area contributed by atoms with Crippen molar-refractivity contribution in [3.8, 4) is 5.75 Å². The Balaban J connectivity index is 2.12. The number of nitrogens with one attached hydrogen (secondary N) is 1. The minimum absolute atomic E-state index is 0.0609. The fourth-order valence-electron chi connectivity index (χ4n) is 2.46. The summed E-state index contributed by atoms with van der Waals surface area (Å²) in [4.78, 5) is 41.0. The molecule has 9 nitrogen and oxygen atoms in total. The maximum absolute atomic E-state index is 12.4. The first-order chi connectivity index (χ1) is 12.4. The number of nitrogens with zero attached hydrogens (tertiary/aromatic N) is 3. The monoisotopic (exact) mass is 380 g/mol. The number of amidine groups is 1. The van der Waals surface area contributed by atoms with Crippen LogP contribution in [0.4, 0.5) is 11.4 Å². The Kier molecular flexibility index (Phi) is 6.56. The smallest absolute Gasteiger partial charge is 0.271 e. The Labute approximate surface area is 154 Å². The van der Waals surface area contributed by atoms with Crippen molar-refractivity contribution in [2.45, 2.75) is 25.5 Å². The van der Waals surface area contributed by atoms with Gasteiger partial charge in [0.1, 0.15) is 11.0 Å². The fourth-order valence-corrected chi connectivity index (χ4v) is 3.73. The van der Waals surface area contributed by atoms with Gasteiger partial charge in [-0.05, 0) is 19.9 Å². The number of amides is 2. The van der Waals surface area contributed by atoms with Crippen LogP contribution in [0.2, 0.25) is 0 Å². The van der Waals surface area contributed by atoms with E-state index in [-0.39, 0.29) is 23.7 Å². The van der Waals surface area contributed by atoms with Crippen LogP contribution in [0.3, 0.4) is 0 Å². The summed E-state index contributed by atoms with van der Waals surface area (Å²) in [6.45, 7) is 4.76. The second-order valence-electron chi connectivity index (χ2n) is 5.34. The summed E-state index contributed by atoms with van der Waals surface area (Å²) in [7, 11) is 1.40. The van der Waals surface area contributed by atoms with Gasteiger partial charge in [-0.25, -0.2) is 0 Å². The second-order valence-corrected chi connectivity index (χ2v) is 6.51. The third-order valence-corrected chi connectivity index (χ3v) is 4.88. The van der Waals surface area contributed by atoms with Gasteiger partial charge >= 0.3 is 0 Å². The van der Waals surface area contributed by atoms with E-state index in [0.717, 1.165) is 0 Å². The van der Waals surface area contributed by atoms with Crippen LogP contribution in [0.5, 0.6) is 5.75 Å². The average molecular weight is 380 g/mol. The maximum atomic E-state index is 12.4. The summed E-state index contributed by atoms with van der Waals surface area (Å²) < 4.78 is 5.12. The van der Waals surface area contributed by atoms with Gasteiger partial charge < -0.3 is 10.1 Å². The molecule has 2 rings (SSSR count). The molecule has 0 radical (unpaired) electrons. The van der Waals surface area contributed by atoms with E-state index in [9.17, 15) is 19.7 Å². The normalized spacial score (nSPS) is 18.3. The molecular weight excluding hydrogens is 360 g/mol. The van der Waals surface area contributed by atoms with E-state index in [1.807, 2.05) is 13.8 Å². The number of carbonyl (C=O) groups is 2. The molecule has 1 atom stereocenters. The highest BCUT2D eigenvalue weighted by Gasteiger charge is 2.38. The molecule has 1 aliphatic rings. The van der Waals surface area contributed by atoms with E-state index in [4.69, 9.17) is 4.74 Å². The highest BCUT2D eigenvalue weighted by molar-refractivity contribution is 8.15. The molecule has 0 spiro atoms. The Morgan fingerprint density at radius 1 is 1.46 bits per heavy atom. The molecule has 26 heavy (non-hydrogen) atoms. The largest absolute Gasteiger partial charge is 0.495 e. The molecule has 1 heterocycles. The number of non-ortho nitro benzene ring substituents is 1. The lowest BCUT2D eigenvalue weighted by molar-refractivity contribution is -0.384. The predicted octanol–water partition coefficient (Wildman–Crippen LogP) is 2.27. The standard InChI is InChI=1S/C16H20N4O5S/c1-4-17-16-19(5-2)15(22)13(26-16)9-14(21)18-11-8-10(20(23)24)6-7-12(11)25-3/h6-8,13H,4-5,9H2,1-3H3,(H,18,21)/t13-/m0/s1. The molecule has 1 aromatic rings. The van der Waals surface area contributed by atoms with Crippen molar-refractivity contribution in [3.63, 3.8) is 0 Å². The summed E-state index contributed by atoms with van der Waals surface area (Å²) in [5.74, 6) is -0.285. The van der Waals surface area contributed by atoms with Crippen molar-refractivity contribution in [2.75, 3.05) is 25.5 Å². The van der Waals surface area contributed by atoms with Crippen LogP contribution < -0.4 is 10.1 Å². The summed E-state index contributed by atoms with van der Waals surface area (Å²) in [5.41, 5.74) is 0.0267. The Morgan fingerprint density at radius 3 is 2.77 bits per heavy atom. The number of nitro groups is 1. The molecule has 1 fully saturated rings. The topological polar surface area (TPSA) is 114 Å². The zero-order valence-electron chi connectivity index (χ0n) is 14.7. The zero-order chi connectivity index (χ0) is 19.3. The lowest BCUT2D eigenvalue weighted by Gasteiger charge is -2.13. The summed E-state index contributed by atoms with van der Waals surface area (Å²) in [5, 5.41) is 13.6. The zero-order valence-corrected chi connectivity index (χ0v) is 15.5. The van der Waals surface area contributed by atoms with Gasteiger partial charge in [0.15, 0.2) is 5.17 Å². The molecule has 1 aromatic carbocycles. The SMILES string of the molecule is CCN=C1S[C@@H](CC(=O)Nc2cc([N+](=O)[O-])ccc2OC)C(=O)N1CC. The first kappa shape index (κ1) is 19.7. The van der Waals surface area contributed by atoms with Crippen molar-refractivity contribution >= 4 is 40.1 Å². The number of benzene rings is 1. The molecule has 2 amide bonds. The van der Waals surface area contributed by atoms with Crippen LogP contribution in [-0.2, 0) is 9.59 Å². The van der Waals surface area contributed by atoms with Gasteiger partial charge in [-0.1, -0.05) is 11.8 Å². The van der Waals surface area contributed by atoms with Gasteiger partial charge in [-0.3, -0.25) is 29.6 Å². The minimum atomic E-state index is -0.565. The van der Waals surface area contributed by atoms with E-state index >= 15 is 0 Å². The number of ether oxygens (including phenoxy) is 1. The highest BCUT2D eigenvalue weighted by Crippen LogP contribution is 2.32. The summed E-state index contributed by atoms with van der Waals surface area (Å²) in [6, 6.07) is 3.92. The van der Waals surface area contributed by atoms with Gasteiger partial charge in [-0.2, -0.15) is 0 Å². The van der Waals surface area contributed by atoms with Crippen LogP contribution >= 0.6 is 11.8 Å². The fraction of sp³-hybridized carbons (Fsp3) is 0.438. The number of hydrogen-bond donors (Lipinski definition) is 1. The first-order valence-electron chi connectivity index (χ1n) is 8.06. The van der Waals surface area contributed by atoms with Crippen molar-refractivity contribution in [2.24, 2.45) is 4.99 Å². The van der Waals surface area contributed by atoms with E-state index in [1.54, 1.807) is 4.90 Å². The Bertz CT molecular complexity index is 752. The summed E-state index contributed by atoms with van der Waals surface area (Å²) >= 11 is 1.26. The van der Waals surface area contributed by atoms with Crippen LogP contribution in [-0.4, -0.2) is 52.3 Å². The highest BCUT2D eigenvalue weighted by atomic mass is 32.2. The van der Waals surface area contributed by atoms with E-state index in [0.29, 0.717) is 24.0 Å². The number of anilines is 1. The molecule has 0 unspecified atom stereocenters. The molecule has 1 aliphatic heterocycles. The maximum Gasteiger partial charge on any atom is 0.271 e. The van der Waals surface area contributed by atoms with Crippen molar-refractivity contribution in [3.05, 3.63) is 28.3 Å². The van der Waals surface area contributed by atoms with E-state index < -0.39 is 16.1 Å². The van der Waals surface area contributed by atoms with Crippen LogP contribution in [0, 0.1) is 10.1 Å². The van der Waals surface area contributed by atoms with Gasteiger partial charge in [0.25, 0.3) is 5.69 Å². The number of methoxy groups -OCH3 is 1. The molecule has 0 saturated carbocycles. The number of rotatable bonds is 7. The van der Waals surface area contributed by atoms with Crippen LogP contribution in [0.1, 0.15) is 20.3 Å². The first-order valence-corrected chi connectivity index (χ1v) is 8.93. The lowest BCUT2D eigenvalue weighted by atomic mass is 10.2. The predicted molar refractivity (Wildman–Crippen MR) is 99.6 cm³/mol.